The van der Waals surface area contributed by atoms with Gasteiger partial charge in [-0.1, -0.05) is 133 Å². The lowest BCUT2D eigenvalue weighted by Gasteiger charge is -2.20. The molecule has 63 heavy (non-hydrogen) atoms. The van der Waals surface area contributed by atoms with Crippen LogP contribution in [-0.2, 0) is 21.4 Å². The van der Waals surface area contributed by atoms with E-state index in [2.05, 4.69) is 48.5 Å². The van der Waals surface area contributed by atoms with Crippen molar-refractivity contribution in [2.75, 3.05) is 6.61 Å². The molecule has 6 aromatic carbocycles. The third kappa shape index (κ3) is 12.1. The van der Waals surface area contributed by atoms with Crippen LogP contribution in [0.5, 0.6) is 0 Å². The van der Waals surface area contributed by atoms with Crippen LogP contribution in [0, 0.1) is 40.5 Å². The van der Waals surface area contributed by atoms with Crippen LogP contribution in [0.2, 0.25) is 5.02 Å². The highest BCUT2D eigenvalue weighted by atomic mass is 35.5. The first-order valence-corrected chi connectivity index (χ1v) is 21.0. The van der Waals surface area contributed by atoms with Gasteiger partial charge in [-0.15, -0.1) is 0 Å². The second-order valence-corrected chi connectivity index (χ2v) is 17.3. The van der Waals surface area contributed by atoms with Gasteiger partial charge in [-0.25, -0.2) is 0 Å². The van der Waals surface area contributed by atoms with Crippen molar-refractivity contribution >= 4 is 76.2 Å². The van der Waals surface area contributed by atoms with Crippen molar-refractivity contribution in [2.45, 2.75) is 19.3 Å². The van der Waals surface area contributed by atoms with Crippen LogP contribution in [0.15, 0.2) is 146 Å². The molecule has 14 nitrogen and oxygen atoms in total. The maximum atomic E-state index is 14.3. The minimum atomic E-state index is -5.07. The molecule has 23 heteroatoms. The molecule has 0 saturated heterocycles. The van der Waals surface area contributed by atoms with E-state index in [-0.39, 0.29) is 34.9 Å². The number of rotatable bonds is 11. The van der Waals surface area contributed by atoms with Gasteiger partial charge in [-0.2, -0.15) is 26.3 Å². The van der Waals surface area contributed by atoms with Crippen LogP contribution in [0.1, 0.15) is 18.1 Å². The average Bonchev–Trinajstić information content (AvgIpc) is 3.25. The van der Waals surface area contributed by atoms with Crippen LogP contribution in [0.4, 0.5) is 49.1 Å². The van der Waals surface area contributed by atoms with Crippen molar-refractivity contribution in [3.8, 4) is 0 Å². The van der Waals surface area contributed by atoms with Crippen LogP contribution < -0.4 is 26.5 Å². The fraction of sp³-hybridized carbons (Fsp3) is 0.100. The topological polar surface area (TPSA) is 199 Å². The van der Waals surface area contributed by atoms with E-state index in [1.165, 1.54) is 59.1 Å². The Hall–Kier alpha value is -6.59. The van der Waals surface area contributed by atoms with Crippen molar-refractivity contribution in [3.63, 3.8) is 0 Å². The first kappa shape index (κ1) is 49.1. The smallest absolute Gasteiger partial charge is 0.350 e. The van der Waals surface area contributed by atoms with E-state index in [1.807, 2.05) is 19.1 Å². The van der Waals surface area contributed by atoms with Gasteiger partial charge in [-0.05, 0) is 6.92 Å². The largest absolute Gasteiger partial charge is 0.416 e. The Morgan fingerprint density at radius 1 is 0.540 bits per heavy atom. The predicted octanol–water partition coefficient (Wildman–Crippen LogP) is 10.4. The molecular weight excluding hydrogens is 908 g/mol. The molecule has 0 aliphatic rings. The number of hydrogen-bond acceptors (Lipinski definition) is 10. The van der Waals surface area contributed by atoms with Crippen LogP contribution in [0.3, 0.4) is 0 Å². The van der Waals surface area contributed by atoms with Crippen molar-refractivity contribution in [2.24, 2.45) is 0 Å². The van der Waals surface area contributed by atoms with Gasteiger partial charge >= 0.3 is 12.4 Å². The van der Waals surface area contributed by atoms with Gasteiger partial charge in [0.15, 0.2) is 17.5 Å². The summed E-state index contributed by atoms with van der Waals surface area (Å²) >= 11 is 5.27. The highest BCUT2D eigenvalue weighted by Gasteiger charge is 2.46. The molecule has 0 amide bonds. The van der Waals surface area contributed by atoms with E-state index in [4.69, 9.17) is 16.1 Å². The Kier molecular flexibility index (Phi) is 16.3. The van der Waals surface area contributed by atoms with Crippen molar-refractivity contribution in [1.29, 1.82) is 0 Å². The van der Waals surface area contributed by atoms with Gasteiger partial charge in [0.2, 0.25) is 0 Å². The fourth-order valence-corrected chi connectivity index (χ4v) is 10.6. The standard InChI is InChI=1S/C19H12F3N2O5P.C14H15OP.C7H2ClF3N2O4/c20-19(21,22)13-11-16(23(25)26)18(17(12-13)24(27)28)30(29,14-7-3-1-4-8-14)15-9-5-2-6-10-15;1-2-15-16(13-9-5-3-6-10-13)14-11-7-4-8-12-14;8-6-4(12(14)15)1-3(7(9,10)11)2-5(6)13(16)17/h1-12H;3-12H,2H2,1H3;1-2H. The Bertz CT molecular complexity index is 2480. The summed E-state index contributed by atoms with van der Waals surface area (Å²) < 4.78 is 96.9. The zero-order valence-corrected chi connectivity index (χ0v) is 34.5. The summed E-state index contributed by atoms with van der Waals surface area (Å²) in [5, 5.41) is 44.9. The summed E-state index contributed by atoms with van der Waals surface area (Å²) in [6.07, 6.45) is -10.0. The minimum absolute atomic E-state index is 0.0159. The molecule has 0 aliphatic carbocycles. The Morgan fingerprint density at radius 3 is 1.10 bits per heavy atom. The Labute approximate surface area is 358 Å². The lowest BCUT2D eigenvalue weighted by Crippen LogP contribution is -2.29. The molecule has 0 N–H and O–H groups in total. The number of benzene rings is 6. The number of halogens is 7. The van der Waals surface area contributed by atoms with E-state index in [9.17, 15) is 71.4 Å². The summed E-state index contributed by atoms with van der Waals surface area (Å²) in [6.45, 7) is 2.79. The molecule has 0 spiro atoms. The summed E-state index contributed by atoms with van der Waals surface area (Å²) in [6, 6.07) is 36.0. The van der Waals surface area contributed by atoms with E-state index < -0.39 is 91.5 Å². The lowest BCUT2D eigenvalue weighted by molar-refractivity contribution is -0.394. The molecule has 6 aromatic rings. The summed E-state index contributed by atoms with van der Waals surface area (Å²) in [5.41, 5.74) is -7.85. The molecular formula is C40H29ClF6N4O10P2. The molecule has 0 aliphatic heterocycles. The first-order valence-electron chi connectivity index (χ1n) is 17.6. The zero-order chi connectivity index (χ0) is 46.7. The van der Waals surface area contributed by atoms with E-state index in [0.29, 0.717) is 0 Å². The van der Waals surface area contributed by atoms with Gasteiger partial charge in [0.1, 0.15) is 0 Å². The van der Waals surface area contributed by atoms with Gasteiger partial charge in [0.05, 0.1) is 39.0 Å². The molecule has 0 fully saturated rings. The number of alkyl halides is 6. The quantitative estimate of drug-likeness (QED) is 0.0521. The van der Waals surface area contributed by atoms with Gasteiger partial charge in [-0.3, -0.25) is 40.5 Å². The third-order valence-corrected chi connectivity index (χ3v) is 13.9. The highest BCUT2D eigenvalue weighted by Crippen LogP contribution is 2.49. The molecule has 0 unspecified atom stereocenters. The molecule has 328 valence electrons. The van der Waals surface area contributed by atoms with Crippen LogP contribution in [-0.4, -0.2) is 26.3 Å². The number of nitro benzene ring substituents is 4. The fourth-order valence-electron chi connectivity index (χ4n) is 5.63. The van der Waals surface area contributed by atoms with Crippen molar-refractivity contribution in [3.05, 3.63) is 202 Å². The van der Waals surface area contributed by atoms with Gasteiger partial charge in [0, 0.05) is 52.1 Å². The SMILES string of the molecule is CCOP(c1ccccc1)c1ccccc1.O=[N+]([O-])c1cc(C(F)(F)F)cc([N+](=O)[O-])c1Cl.O=[N+]([O-])c1cc(C(F)(F)F)cc([N+](=O)[O-])c1P(=O)(c1ccccc1)c1ccccc1. The second kappa shape index (κ2) is 21.0. The van der Waals surface area contributed by atoms with E-state index >= 15 is 0 Å². The highest BCUT2D eigenvalue weighted by molar-refractivity contribution is 7.85. The summed E-state index contributed by atoms with van der Waals surface area (Å²) in [5.74, 6) is 0. The molecule has 0 atom stereocenters. The normalized spacial score (nSPS) is 11.4. The lowest BCUT2D eigenvalue weighted by atomic mass is 10.1. The zero-order valence-electron chi connectivity index (χ0n) is 32.0. The van der Waals surface area contributed by atoms with Gasteiger partial charge in [0.25, 0.3) is 22.7 Å². The molecule has 6 rings (SSSR count). The average molecular weight is 937 g/mol. The number of nitrogens with zero attached hydrogens (tertiary/aromatic N) is 4. The van der Waals surface area contributed by atoms with Crippen molar-refractivity contribution in [1.82, 2.24) is 0 Å². The van der Waals surface area contributed by atoms with Gasteiger partial charge < -0.3 is 9.09 Å². The molecule has 0 aromatic heterocycles. The molecule has 0 bridgehead atoms. The maximum absolute atomic E-state index is 14.3. The van der Waals surface area contributed by atoms with E-state index in [1.54, 1.807) is 12.1 Å². The summed E-state index contributed by atoms with van der Waals surface area (Å²) in [7, 11) is -4.93. The molecule has 0 saturated carbocycles. The monoisotopic (exact) mass is 936 g/mol. The van der Waals surface area contributed by atoms with E-state index in [0.717, 1.165) is 6.61 Å². The number of nitro groups is 4. The minimum Gasteiger partial charge on any atom is -0.350 e. The predicted molar refractivity (Wildman–Crippen MR) is 225 cm³/mol. The molecule has 0 heterocycles. The maximum Gasteiger partial charge on any atom is 0.416 e. The van der Waals surface area contributed by atoms with Crippen LogP contribution >= 0.6 is 26.9 Å². The third-order valence-electron chi connectivity index (χ3n) is 8.34. The number of hydrogen-bond donors (Lipinski definition) is 0. The Morgan fingerprint density at radius 2 is 0.825 bits per heavy atom. The van der Waals surface area contributed by atoms with Crippen LogP contribution in [0.25, 0.3) is 0 Å². The second-order valence-electron chi connectivity index (χ2n) is 12.4. The molecule has 0 radical (unpaired) electrons. The van der Waals surface area contributed by atoms with Crippen molar-refractivity contribution < 1.29 is 55.1 Å². The Balaban J connectivity index is 0.000000225. The summed E-state index contributed by atoms with van der Waals surface area (Å²) in [4.78, 5) is 39.4. The first-order chi connectivity index (χ1) is 29.6.